The van der Waals surface area contributed by atoms with Gasteiger partial charge in [-0.15, -0.1) is 0 Å². The second kappa shape index (κ2) is 9.92. The van der Waals surface area contributed by atoms with Crippen molar-refractivity contribution >= 4 is 63.0 Å². The standard InChI is InChI=1S/C21H19ClIN3O3S/c1-21(2,24-8-7-13-3-5-14(11-27)6-4-13)29-19(28)12-30-20-25-17-9-15(22)16(23)10-18(17)26-20/h3-6,9-10,24,27H,11-12H2,1-2H3,(H,25,26). The van der Waals surface area contributed by atoms with Crippen LogP contribution in [0.2, 0.25) is 5.02 Å². The average molecular weight is 556 g/mol. The number of halogens is 2. The zero-order valence-corrected chi connectivity index (χ0v) is 20.0. The fraction of sp³-hybridized carbons (Fsp3) is 0.238. The van der Waals surface area contributed by atoms with E-state index in [0.29, 0.717) is 10.2 Å². The van der Waals surface area contributed by atoms with E-state index in [1.807, 2.05) is 24.3 Å². The Bertz CT molecular complexity index is 1080. The summed E-state index contributed by atoms with van der Waals surface area (Å²) < 4.78 is 6.39. The van der Waals surface area contributed by atoms with Gasteiger partial charge < -0.3 is 20.1 Å². The third kappa shape index (κ3) is 6.28. The molecule has 1 heterocycles. The Hall–Kier alpha value is -1.93. The van der Waals surface area contributed by atoms with E-state index in [1.165, 1.54) is 11.8 Å². The fourth-order valence-corrected chi connectivity index (χ4v) is 3.74. The van der Waals surface area contributed by atoms with Gasteiger partial charge in [-0.1, -0.05) is 35.5 Å². The van der Waals surface area contributed by atoms with E-state index in [0.717, 1.165) is 25.7 Å². The van der Waals surface area contributed by atoms with Gasteiger partial charge in [0.1, 0.15) is 0 Å². The van der Waals surface area contributed by atoms with Crippen LogP contribution in [-0.4, -0.2) is 32.5 Å². The minimum absolute atomic E-state index is 0.00592. The second-order valence-electron chi connectivity index (χ2n) is 6.83. The van der Waals surface area contributed by atoms with Gasteiger partial charge in [-0.2, -0.15) is 0 Å². The van der Waals surface area contributed by atoms with Crippen LogP contribution in [0.3, 0.4) is 0 Å². The van der Waals surface area contributed by atoms with Crippen molar-refractivity contribution in [2.45, 2.75) is 31.3 Å². The minimum Gasteiger partial charge on any atom is -0.438 e. The molecule has 156 valence electrons. The molecule has 0 aliphatic rings. The summed E-state index contributed by atoms with van der Waals surface area (Å²) in [6, 6.07) is 13.8. The molecule has 6 nitrogen and oxygen atoms in total. The van der Waals surface area contributed by atoms with Crippen LogP contribution < -0.4 is 5.32 Å². The summed E-state index contributed by atoms with van der Waals surface area (Å²) in [5.41, 5.74) is 2.27. The molecule has 0 aliphatic heterocycles. The smallest absolute Gasteiger partial charge is 0.318 e. The molecule has 3 N–H and O–H groups in total. The predicted molar refractivity (Wildman–Crippen MR) is 127 cm³/mol. The van der Waals surface area contributed by atoms with Gasteiger partial charge in [0, 0.05) is 15.2 Å². The monoisotopic (exact) mass is 555 g/mol. The van der Waals surface area contributed by atoms with Gasteiger partial charge in [-0.25, -0.2) is 4.98 Å². The number of benzene rings is 2. The molecule has 0 saturated heterocycles. The number of carbonyl (C=O) groups is 1. The molecule has 30 heavy (non-hydrogen) atoms. The van der Waals surface area contributed by atoms with Crippen LogP contribution in [0.5, 0.6) is 0 Å². The number of hydrogen-bond acceptors (Lipinski definition) is 6. The van der Waals surface area contributed by atoms with Gasteiger partial charge in [-0.3, -0.25) is 4.79 Å². The number of aromatic nitrogens is 2. The average Bonchev–Trinajstić information content (AvgIpc) is 3.08. The predicted octanol–water partition coefficient (Wildman–Crippen LogP) is 4.28. The SMILES string of the molecule is CC(C)(NC#Cc1ccc(CO)cc1)OC(=O)CSc1nc2cc(I)c(Cl)cc2[nH]1. The lowest BCUT2D eigenvalue weighted by Gasteiger charge is -2.23. The van der Waals surface area contributed by atoms with Crippen molar-refractivity contribution in [3.8, 4) is 12.0 Å². The highest BCUT2D eigenvalue weighted by molar-refractivity contribution is 14.1. The molecule has 0 amide bonds. The van der Waals surface area contributed by atoms with Crippen LogP contribution in [-0.2, 0) is 16.1 Å². The highest BCUT2D eigenvalue weighted by Gasteiger charge is 2.21. The zero-order chi connectivity index (χ0) is 21.7. The third-order valence-corrected chi connectivity index (χ3v) is 6.28. The number of thioether (sulfide) groups is 1. The van der Waals surface area contributed by atoms with Crippen LogP contribution >= 0.6 is 46.0 Å². The quantitative estimate of drug-likeness (QED) is 0.105. The van der Waals surface area contributed by atoms with Crippen molar-refractivity contribution in [3.05, 3.63) is 56.1 Å². The number of fused-ring (bicyclic) bond motifs is 1. The van der Waals surface area contributed by atoms with Crippen molar-refractivity contribution in [2.75, 3.05) is 5.75 Å². The van der Waals surface area contributed by atoms with Gasteiger partial charge in [0.05, 0.1) is 28.4 Å². The molecule has 0 unspecified atom stereocenters. The summed E-state index contributed by atoms with van der Waals surface area (Å²) in [4.78, 5) is 19.8. The van der Waals surface area contributed by atoms with E-state index >= 15 is 0 Å². The number of aliphatic hydroxyl groups is 1. The summed E-state index contributed by atoms with van der Waals surface area (Å²) in [5.74, 6) is 2.66. The summed E-state index contributed by atoms with van der Waals surface area (Å²) in [5, 5.41) is 13.2. The Morgan fingerprint density at radius 1 is 1.37 bits per heavy atom. The maximum Gasteiger partial charge on any atom is 0.318 e. The highest BCUT2D eigenvalue weighted by Crippen LogP contribution is 2.26. The van der Waals surface area contributed by atoms with Crippen LogP contribution in [0, 0.1) is 15.5 Å². The molecular weight excluding hydrogens is 537 g/mol. The number of rotatable bonds is 6. The number of ether oxygens (including phenoxy) is 1. The van der Waals surface area contributed by atoms with Gasteiger partial charge in [-0.05, 0) is 72.2 Å². The Morgan fingerprint density at radius 2 is 2.10 bits per heavy atom. The molecule has 0 fully saturated rings. The van der Waals surface area contributed by atoms with Gasteiger partial charge >= 0.3 is 5.97 Å². The van der Waals surface area contributed by atoms with Gasteiger partial charge in [0.25, 0.3) is 0 Å². The van der Waals surface area contributed by atoms with E-state index in [-0.39, 0.29) is 18.3 Å². The molecule has 0 aliphatic carbocycles. The molecule has 0 spiro atoms. The molecular formula is C21H19ClIN3O3S. The minimum atomic E-state index is -0.951. The van der Waals surface area contributed by atoms with Crippen LogP contribution in [0.25, 0.3) is 11.0 Å². The van der Waals surface area contributed by atoms with Crippen molar-refractivity contribution in [2.24, 2.45) is 0 Å². The number of H-pyrrole nitrogens is 1. The lowest BCUT2D eigenvalue weighted by molar-refractivity contribution is -0.154. The van der Waals surface area contributed by atoms with Gasteiger partial charge in [0.15, 0.2) is 10.9 Å². The number of imidazole rings is 1. The largest absolute Gasteiger partial charge is 0.438 e. The molecule has 9 heteroatoms. The Balaban J connectivity index is 1.52. The number of nitrogens with one attached hydrogen (secondary N) is 2. The lowest BCUT2D eigenvalue weighted by atomic mass is 10.1. The highest BCUT2D eigenvalue weighted by atomic mass is 127. The van der Waals surface area contributed by atoms with Crippen molar-refractivity contribution < 1.29 is 14.6 Å². The first-order valence-corrected chi connectivity index (χ1v) is 11.4. The Kier molecular flexibility index (Phi) is 7.52. The fourth-order valence-electron chi connectivity index (χ4n) is 2.46. The number of esters is 1. The number of aromatic amines is 1. The molecule has 1 aromatic heterocycles. The zero-order valence-electron chi connectivity index (χ0n) is 16.3. The summed E-state index contributed by atoms with van der Waals surface area (Å²) in [6.07, 6.45) is 0. The Labute approximate surface area is 197 Å². The van der Waals surface area contributed by atoms with E-state index in [2.05, 4.69) is 49.8 Å². The van der Waals surface area contributed by atoms with Crippen LogP contribution in [0.1, 0.15) is 25.0 Å². The van der Waals surface area contributed by atoms with Crippen molar-refractivity contribution in [1.29, 1.82) is 0 Å². The molecule has 0 atom stereocenters. The maximum atomic E-state index is 12.2. The first-order chi connectivity index (χ1) is 14.3. The lowest BCUT2D eigenvalue weighted by Crippen LogP contribution is -2.41. The Morgan fingerprint density at radius 3 is 2.80 bits per heavy atom. The number of hydrogen-bond donors (Lipinski definition) is 3. The molecule has 3 aromatic rings. The van der Waals surface area contributed by atoms with Gasteiger partial charge in [0.2, 0.25) is 0 Å². The molecule has 0 bridgehead atoms. The summed E-state index contributed by atoms with van der Waals surface area (Å²) in [7, 11) is 0. The van der Waals surface area contributed by atoms with Crippen LogP contribution in [0.15, 0.2) is 41.6 Å². The molecule has 0 saturated carbocycles. The number of carbonyl (C=O) groups excluding carboxylic acids is 1. The van der Waals surface area contributed by atoms with Crippen molar-refractivity contribution in [1.82, 2.24) is 15.3 Å². The van der Waals surface area contributed by atoms with E-state index < -0.39 is 5.72 Å². The number of aliphatic hydroxyl groups excluding tert-OH is 1. The first kappa shape index (κ1) is 22.7. The number of nitrogens with zero attached hydrogens (tertiary/aromatic N) is 1. The molecule has 0 radical (unpaired) electrons. The normalized spacial score (nSPS) is 11.1. The summed E-state index contributed by atoms with van der Waals surface area (Å²) in [6.45, 7) is 3.45. The summed E-state index contributed by atoms with van der Waals surface area (Å²) >= 11 is 9.54. The molecule has 2 aromatic carbocycles. The topological polar surface area (TPSA) is 87.2 Å². The van der Waals surface area contributed by atoms with E-state index in [4.69, 9.17) is 21.4 Å². The van der Waals surface area contributed by atoms with E-state index in [1.54, 1.807) is 26.0 Å². The molecule has 3 rings (SSSR count). The first-order valence-electron chi connectivity index (χ1n) is 8.93. The van der Waals surface area contributed by atoms with Crippen molar-refractivity contribution in [3.63, 3.8) is 0 Å². The van der Waals surface area contributed by atoms with E-state index in [9.17, 15) is 4.79 Å². The van der Waals surface area contributed by atoms with Crippen LogP contribution in [0.4, 0.5) is 0 Å². The maximum absolute atomic E-state index is 12.2. The second-order valence-corrected chi connectivity index (χ2v) is 9.36. The third-order valence-electron chi connectivity index (χ3n) is 3.90.